The van der Waals surface area contributed by atoms with E-state index >= 15 is 0 Å². The van der Waals surface area contributed by atoms with Crippen molar-refractivity contribution in [2.75, 3.05) is 18.5 Å². The molecule has 8 heteroatoms. The Morgan fingerprint density at radius 2 is 2.32 bits per heavy atom. The summed E-state index contributed by atoms with van der Waals surface area (Å²) in [5, 5.41) is 12.2. The van der Waals surface area contributed by atoms with Crippen molar-refractivity contribution in [3.05, 3.63) is 24.1 Å². The summed E-state index contributed by atoms with van der Waals surface area (Å²) in [5.74, 6) is 0.337. The number of ether oxygens (including phenoxy) is 1. The van der Waals surface area contributed by atoms with Gasteiger partial charge in [-0.15, -0.1) is 0 Å². The Morgan fingerprint density at radius 1 is 1.48 bits per heavy atom. The first kappa shape index (κ1) is 17.8. The highest BCUT2D eigenvalue weighted by atomic mass is 19.1. The summed E-state index contributed by atoms with van der Waals surface area (Å²) < 4.78 is 21.6. The fourth-order valence-corrected chi connectivity index (χ4v) is 3.06. The second-order valence-corrected chi connectivity index (χ2v) is 6.44. The van der Waals surface area contributed by atoms with Crippen LogP contribution >= 0.6 is 0 Å². The lowest BCUT2D eigenvalue weighted by atomic mass is 10.2. The van der Waals surface area contributed by atoms with Gasteiger partial charge in [0.2, 0.25) is 0 Å². The predicted molar refractivity (Wildman–Crippen MR) is 92.7 cm³/mol. The molecule has 0 aromatic carbocycles. The van der Waals surface area contributed by atoms with Crippen LogP contribution < -0.4 is 5.32 Å². The molecule has 25 heavy (non-hydrogen) atoms. The highest BCUT2D eigenvalue weighted by Crippen LogP contribution is 2.27. The molecule has 0 aliphatic carbocycles. The molecule has 3 rings (SSSR count). The Morgan fingerprint density at radius 3 is 3.12 bits per heavy atom. The van der Waals surface area contributed by atoms with E-state index in [2.05, 4.69) is 20.3 Å². The van der Waals surface area contributed by atoms with Gasteiger partial charge in [0.25, 0.3) is 0 Å². The lowest BCUT2D eigenvalue weighted by Gasteiger charge is -2.17. The molecule has 0 amide bonds. The number of nitrogens with one attached hydrogen (secondary N) is 1. The fourth-order valence-electron chi connectivity index (χ4n) is 3.06. The van der Waals surface area contributed by atoms with E-state index in [0.717, 1.165) is 31.3 Å². The number of halogens is 1. The van der Waals surface area contributed by atoms with Gasteiger partial charge >= 0.3 is 6.08 Å². The van der Waals surface area contributed by atoms with Crippen LogP contribution in [0.2, 0.25) is 0 Å². The molecule has 2 aromatic heterocycles. The van der Waals surface area contributed by atoms with Crippen LogP contribution in [0.25, 0.3) is 11.2 Å². The quantitative estimate of drug-likeness (QED) is 0.638. The van der Waals surface area contributed by atoms with Crippen molar-refractivity contribution in [3.8, 4) is 0 Å². The van der Waals surface area contributed by atoms with Gasteiger partial charge in [-0.2, -0.15) is 14.4 Å². The third-order valence-corrected chi connectivity index (χ3v) is 4.26. The summed E-state index contributed by atoms with van der Waals surface area (Å²) >= 11 is 0. The van der Waals surface area contributed by atoms with Crippen LogP contribution in [0.15, 0.2) is 18.0 Å². The van der Waals surface area contributed by atoms with Crippen molar-refractivity contribution >= 4 is 17.0 Å². The summed E-state index contributed by atoms with van der Waals surface area (Å²) in [5.41, 5.74) is 1.76. The molecule has 2 N–H and O–H groups in total. The normalized spacial score (nSPS) is 20.5. The largest absolute Gasteiger partial charge is 0.392 e. The number of hydrogen-bond acceptors (Lipinski definition) is 6. The minimum atomic E-state index is -0.805. The minimum absolute atomic E-state index is 0.0206. The maximum Gasteiger partial charge on any atom is 0.312 e. The summed E-state index contributed by atoms with van der Waals surface area (Å²) in [4.78, 5) is 12.2. The molecule has 2 atom stereocenters. The maximum absolute atomic E-state index is 14.0. The molecular formula is C17H24FN5O2. The van der Waals surface area contributed by atoms with Gasteiger partial charge in [0.15, 0.2) is 17.0 Å². The van der Waals surface area contributed by atoms with Crippen molar-refractivity contribution in [2.45, 2.75) is 51.8 Å². The third-order valence-electron chi connectivity index (χ3n) is 4.26. The van der Waals surface area contributed by atoms with Gasteiger partial charge in [0.1, 0.15) is 6.23 Å². The predicted octanol–water partition coefficient (Wildman–Crippen LogP) is 2.79. The van der Waals surface area contributed by atoms with E-state index in [1.54, 1.807) is 10.9 Å². The van der Waals surface area contributed by atoms with Crippen LogP contribution in [0.1, 0.15) is 45.8 Å². The highest BCUT2D eigenvalue weighted by molar-refractivity contribution is 5.83. The van der Waals surface area contributed by atoms with E-state index in [4.69, 9.17) is 9.84 Å². The number of aromatic nitrogens is 4. The van der Waals surface area contributed by atoms with Crippen LogP contribution in [0.5, 0.6) is 0 Å². The second kappa shape index (κ2) is 7.88. The van der Waals surface area contributed by atoms with Crippen molar-refractivity contribution in [3.63, 3.8) is 0 Å². The van der Waals surface area contributed by atoms with E-state index in [9.17, 15) is 4.39 Å². The smallest absolute Gasteiger partial charge is 0.312 e. The standard InChI is InChI=1S/C17H24FN5O2/c1-11(9-24)8-12(2)20-15-14-16(22-17(18)21-15)23(10-19-14)13-6-4-3-5-7-25-13/h8,10,12-13,24H,3-7,9H2,1-2H3,(H,20,21,22)/b11-8-. The zero-order valence-electron chi connectivity index (χ0n) is 14.6. The molecule has 0 bridgehead atoms. The number of aliphatic hydroxyl groups is 1. The molecule has 0 saturated carbocycles. The maximum atomic E-state index is 14.0. The zero-order chi connectivity index (χ0) is 17.8. The number of anilines is 1. The van der Waals surface area contributed by atoms with Crippen molar-refractivity contribution < 1.29 is 14.2 Å². The first-order valence-corrected chi connectivity index (χ1v) is 8.65. The first-order valence-electron chi connectivity index (χ1n) is 8.65. The van der Waals surface area contributed by atoms with E-state index in [-0.39, 0.29) is 18.9 Å². The number of hydrogen-bond donors (Lipinski definition) is 2. The van der Waals surface area contributed by atoms with Gasteiger partial charge in [0, 0.05) is 12.6 Å². The van der Waals surface area contributed by atoms with Gasteiger partial charge in [0.05, 0.1) is 12.9 Å². The lowest BCUT2D eigenvalue weighted by Crippen LogP contribution is -2.16. The molecule has 3 heterocycles. The average Bonchev–Trinajstić information content (AvgIpc) is 2.81. The van der Waals surface area contributed by atoms with Gasteiger partial charge in [-0.05, 0) is 33.1 Å². The molecule has 1 aliphatic heterocycles. The SMILES string of the molecule is C/C(=C/C(C)Nc1nc(F)nc2c1ncn2C1CCCCCO1)CO. The molecule has 2 aromatic rings. The Labute approximate surface area is 145 Å². The van der Waals surface area contributed by atoms with Gasteiger partial charge < -0.3 is 15.2 Å². The summed E-state index contributed by atoms with van der Waals surface area (Å²) in [6, 6.07) is -0.135. The van der Waals surface area contributed by atoms with Crippen LogP contribution in [0, 0.1) is 6.08 Å². The van der Waals surface area contributed by atoms with E-state index in [1.807, 2.05) is 19.9 Å². The molecule has 1 aliphatic rings. The topological polar surface area (TPSA) is 85.1 Å². The Balaban J connectivity index is 1.92. The van der Waals surface area contributed by atoms with E-state index < -0.39 is 6.08 Å². The van der Waals surface area contributed by atoms with Crippen LogP contribution in [0.4, 0.5) is 10.2 Å². The molecule has 1 saturated heterocycles. The first-order chi connectivity index (χ1) is 12.1. The third kappa shape index (κ3) is 4.13. The molecule has 0 radical (unpaired) electrons. The molecular weight excluding hydrogens is 325 g/mol. The van der Waals surface area contributed by atoms with Gasteiger partial charge in [-0.1, -0.05) is 18.1 Å². The zero-order valence-corrected chi connectivity index (χ0v) is 14.6. The summed E-state index contributed by atoms with van der Waals surface area (Å²) in [6.45, 7) is 4.39. The Hall–Kier alpha value is -2.06. The minimum Gasteiger partial charge on any atom is -0.392 e. The average molecular weight is 349 g/mol. The van der Waals surface area contributed by atoms with Gasteiger partial charge in [-0.3, -0.25) is 4.57 Å². The molecule has 1 fully saturated rings. The summed E-state index contributed by atoms with van der Waals surface area (Å²) in [6.07, 6.45) is 6.60. The monoisotopic (exact) mass is 349 g/mol. The molecule has 2 unspecified atom stereocenters. The molecule has 0 spiro atoms. The number of imidazole rings is 1. The Kier molecular flexibility index (Phi) is 5.60. The van der Waals surface area contributed by atoms with E-state index in [0.29, 0.717) is 23.6 Å². The van der Waals surface area contributed by atoms with Crippen LogP contribution in [-0.4, -0.2) is 43.9 Å². The highest BCUT2D eigenvalue weighted by Gasteiger charge is 2.21. The van der Waals surface area contributed by atoms with Crippen molar-refractivity contribution in [1.82, 2.24) is 19.5 Å². The number of aliphatic hydroxyl groups excluding tert-OH is 1. The number of rotatable bonds is 5. The van der Waals surface area contributed by atoms with Gasteiger partial charge in [-0.25, -0.2) is 4.98 Å². The summed E-state index contributed by atoms with van der Waals surface area (Å²) in [7, 11) is 0. The van der Waals surface area contributed by atoms with Crippen LogP contribution in [0.3, 0.4) is 0 Å². The lowest BCUT2D eigenvalue weighted by molar-refractivity contribution is 0.00928. The van der Waals surface area contributed by atoms with E-state index in [1.165, 1.54) is 0 Å². The molecule has 7 nitrogen and oxygen atoms in total. The molecule has 136 valence electrons. The Bertz CT molecular complexity index is 753. The van der Waals surface area contributed by atoms with Crippen molar-refractivity contribution in [1.29, 1.82) is 0 Å². The van der Waals surface area contributed by atoms with Crippen LogP contribution in [-0.2, 0) is 4.74 Å². The second-order valence-electron chi connectivity index (χ2n) is 6.44. The number of fused-ring (bicyclic) bond motifs is 1. The fraction of sp³-hybridized carbons (Fsp3) is 0.588. The number of nitrogens with zero attached hydrogens (tertiary/aromatic N) is 4. The van der Waals surface area contributed by atoms with Crippen molar-refractivity contribution in [2.24, 2.45) is 0 Å².